The topological polar surface area (TPSA) is 37.8 Å². The quantitative estimate of drug-likeness (QED) is 0.319. The number of rotatable bonds is 15. The van der Waals surface area contributed by atoms with Gasteiger partial charge in [0, 0.05) is 29.2 Å². The van der Waals surface area contributed by atoms with Crippen LogP contribution >= 0.6 is 11.3 Å². The van der Waals surface area contributed by atoms with E-state index in [1.165, 1.54) is 77.0 Å². The Labute approximate surface area is 170 Å². The summed E-state index contributed by atoms with van der Waals surface area (Å²) in [6.45, 7) is 5.32. The smallest absolute Gasteiger partial charge is 0.162 e. The van der Waals surface area contributed by atoms with E-state index in [9.17, 15) is 0 Å². The second kappa shape index (κ2) is 13.7. The number of aromatic nitrogens is 2. The third-order valence-corrected chi connectivity index (χ3v) is 5.65. The van der Waals surface area contributed by atoms with E-state index in [1.54, 1.807) is 11.3 Å². The summed E-state index contributed by atoms with van der Waals surface area (Å²) in [4.78, 5) is 9.20. The highest BCUT2D eigenvalue weighted by Crippen LogP contribution is 2.20. The summed E-state index contributed by atoms with van der Waals surface area (Å²) in [5.74, 6) is 1.78. The molecule has 0 bridgehead atoms. The number of nitrogens with zero attached hydrogens (tertiary/aromatic N) is 2. The lowest BCUT2D eigenvalue weighted by atomic mass is 10.1. The summed E-state index contributed by atoms with van der Waals surface area (Å²) in [5.41, 5.74) is 2.13. The van der Waals surface area contributed by atoms with Gasteiger partial charge in [-0.3, -0.25) is 0 Å². The van der Waals surface area contributed by atoms with Crippen LogP contribution < -0.4 is 5.32 Å². The predicted octanol–water partition coefficient (Wildman–Crippen LogP) is 7.63. The van der Waals surface area contributed by atoms with E-state index in [0.717, 1.165) is 29.4 Å². The lowest BCUT2D eigenvalue weighted by Crippen LogP contribution is -2.05. The zero-order valence-electron chi connectivity index (χ0n) is 17.3. The van der Waals surface area contributed by atoms with Crippen molar-refractivity contribution in [3.63, 3.8) is 0 Å². The van der Waals surface area contributed by atoms with Crippen LogP contribution in [0.2, 0.25) is 0 Å². The minimum atomic E-state index is 0.827. The first-order valence-electron chi connectivity index (χ1n) is 10.9. The van der Waals surface area contributed by atoms with Crippen molar-refractivity contribution in [1.29, 1.82) is 0 Å². The second-order valence-electron chi connectivity index (χ2n) is 7.55. The molecule has 0 aliphatic heterocycles. The molecule has 4 heteroatoms. The Morgan fingerprint density at radius 2 is 1.48 bits per heavy atom. The van der Waals surface area contributed by atoms with Crippen molar-refractivity contribution in [3.8, 4) is 11.4 Å². The van der Waals surface area contributed by atoms with Crippen LogP contribution in [0.5, 0.6) is 0 Å². The standard InChI is InChI=1S/C23H37N3S/c1-3-4-5-6-7-8-9-10-11-12-13-14-16-24-22-18-20(2)25-23(26-22)21-15-17-27-19-21/h15,17-19H,3-14,16H2,1-2H3,(H,24,25,26). The van der Waals surface area contributed by atoms with Gasteiger partial charge in [0.2, 0.25) is 0 Å². The predicted molar refractivity (Wildman–Crippen MR) is 120 cm³/mol. The van der Waals surface area contributed by atoms with Gasteiger partial charge in [-0.05, 0) is 24.8 Å². The first kappa shape index (κ1) is 21.9. The van der Waals surface area contributed by atoms with Crippen LogP contribution in [0.25, 0.3) is 11.4 Å². The number of unbranched alkanes of at least 4 members (excludes halogenated alkanes) is 11. The number of anilines is 1. The van der Waals surface area contributed by atoms with E-state index in [-0.39, 0.29) is 0 Å². The summed E-state index contributed by atoms with van der Waals surface area (Å²) >= 11 is 1.68. The number of hydrogen-bond acceptors (Lipinski definition) is 4. The van der Waals surface area contributed by atoms with E-state index in [1.807, 2.05) is 13.0 Å². The summed E-state index contributed by atoms with van der Waals surface area (Å²) in [6.07, 6.45) is 16.6. The molecule has 1 N–H and O–H groups in total. The van der Waals surface area contributed by atoms with Crippen LogP contribution in [0, 0.1) is 6.92 Å². The molecule has 2 rings (SSSR count). The molecule has 3 nitrogen and oxygen atoms in total. The highest BCUT2D eigenvalue weighted by Gasteiger charge is 2.05. The zero-order chi connectivity index (χ0) is 19.2. The molecule has 2 aromatic rings. The SMILES string of the molecule is CCCCCCCCCCCCCCNc1cc(C)nc(-c2ccsc2)n1. The molecule has 2 aromatic heterocycles. The fourth-order valence-electron chi connectivity index (χ4n) is 3.36. The minimum Gasteiger partial charge on any atom is -0.370 e. The summed E-state index contributed by atoms with van der Waals surface area (Å²) in [7, 11) is 0. The van der Waals surface area contributed by atoms with Crippen molar-refractivity contribution in [2.24, 2.45) is 0 Å². The van der Waals surface area contributed by atoms with Gasteiger partial charge >= 0.3 is 0 Å². The molecule has 150 valence electrons. The van der Waals surface area contributed by atoms with Gasteiger partial charge in [0.25, 0.3) is 0 Å². The summed E-state index contributed by atoms with van der Waals surface area (Å²) < 4.78 is 0. The average molecular weight is 388 g/mol. The molecule has 0 saturated carbocycles. The van der Waals surface area contributed by atoms with Crippen molar-refractivity contribution in [1.82, 2.24) is 9.97 Å². The Balaban J connectivity index is 1.50. The first-order chi connectivity index (χ1) is 13.3. The molecule has 0 atom stereocenters. The molecule has 0 aromatic carbocycles. The van der Waals surface area contributed by atoms with Gasteiger partial charge in [-0.1, -0.05) is 77.6 Å². The normalized spacial score (nSPS) is 11.0. The van der Waals surface area contributed by atoms with Crippen LogP contribution in [0.15, 0.2) is 22.9 Å². The third-order valence-electron chi connectivity index (χ3n) is 4.97. The van der Waals surface area contributed by atoms with Crippen molar-refractivity contribution in [2.75, 3.05) is 11.9 Å². The van der Waals surface area contributed by atoms with Crippen molar-refractivity contribution in [2.45, 2.75) is 90.9 Å². The van der Waals surface area contributed by atoms with Gasteiger partial charge in [-0.25, -0.2) is 9.97 Å². The number of aryl methyl sites for hydroxylation is 1. The van der Waals surface area contributed by atoms with Gasteiger partial charge in [-0.2, -0.15) is 11.3 Å². The molecule has 0 saturated heterocycles. The van der Waals surface area contributed by atoms with Crippen LogP contribution in [0.4, 0.5) is 5.82 Å². The van der Waals surface area contributed by atoms with Gasteiger partial charge < -0.3 is 5.32 Å². The fourth-order valence-corrected chi connectivity index (χ4v) is 4.00. The number of hydrogen-bond donors (Lipinski definition) is 1. The highest BCUT2D eigenvalue weighted by molar-refractivity contribution is 7.08. The molecule has 2 heterocycles. The lowest BCUT2D eigenvalue weighted by molar-refractivity contribution is 0.546. The lowest BCUT2D eigenvalue weighted by Gasteiger charge is -2.08. The van der Waals surface area contributed by atoms with Crippen LogP contribution in [-0.4, -0.2) is 16.5 Å². The minimum absolute atomic E-state index is 0.827. The van der Waals surface area contributed by atoms with E-state index in [2.05, 4.69) is 39.0 Å². The van der Waals surface area contributed by atoms with Gasteiger partial charge in [0.05, 0.1) is 0 Å². The van der Waals surface area contributed by atoms with Gasteiger partial charge in [-0.15, -0.1) is 0 Å². The Bertz CT molecular complexity index is 610. The van der Waals surface area contributed by atoms with Crippen LogP contribution in [0.3, 0.4) is 0 Å². The van der Waals surface area contributed by atoms with E-state index in [4.69, 9.17) is 0 Å². The summed E-state index contributed by atoms with van der Waals surface area (Å²) in [6, 6.07) is 4.12. The fraction of sp³-hybridized carbons (Fsp3) is 0.652. The molecule has 0 radical (unpaired) electrons. The van der Waals surface area contributed by atoms with E-state index >= 15 is 0 Å². The third kappa shape index (κ3) is 9.37. The number of thiophene rings is 1. The zero-order valence-corrected chi connectivity index (χ0v) is 18.1. The molecule has 0 unspecified atom stereocenters. The maximum Gasteiger partial charge on any atom is 0.162 e. The monoisotopic (exact) mass is 387 g/mol. The average Bonchev–Trinajstić information content (AvgIpc) is 3.20. The van der Waals surface area contributed by atoms with Crippen molar-refractivity contribution < 1.29 is 0 Å². The molecule has 0 aliphatic carbocycles. The Morgan fingerprint density at radius 1 is 0.852 bits per heavy atom. The molecule has 0 amide bonds. The van der Waals surface area contributed by atoms with Gasteiger partial charge in [0.1, 0.15) is 5.82 Å². The van der Waals surface area contributed by atoms with Crippen LogP contribution in [0.1, 0.15) is 89.7 Å². The first-order valence-corrected chi connectivity index (χ1v) is 11.9. The van der Waals surface area contributed by atoms with Gasteiger partial charge in [0.15, 0.2) is 5.82 Å². The second-order valence-corrected chi connectivity index (χ2v) is 8.33. The maximum absolute atomic E-state index is 4.65. The molecular formula is C23H37N3S. The van der Waals surface area contributed by atoms with Crippen LogP contribution in [-0.2, 0) is 0 Å². The Kier molecular flexibility index (Phi) is 11.1. The Hall–Kier alpha value is -1.42. The van der Waals surface area contributed by atoms with E-state index in [0.29, 0.717) is 0 Å². The summed E-state index contributed by atoms with van der Waals surface area (Å²) in [5, 5.41) is 7.65. The highest BCUT2D eigenvalue weighted by atomic mass is 32.1. The molecule has 0 spiro atoms. The maximum atomic E-state index is 4.65. The molecule has 0 aliphatic rings. The molecular weight excluding hydrogens is 350 g/mol. The Morgan fingerprint density at radius 3 is 2.07 bits per heavy atom. The largest absolute Gasteiger partial charge is 0.370 e. The van der Waals surface area contributed by atoms with Crippen molar-refractivity contribution >= 4 is 17.2 Å². The molecule has 27 heavy (non-hydrogen) atoms. The number of nitrogens with one attached hydrogen (secondary N) is 1. The van der Waals surface area contributed by atoms with E-state index < -0.39 is 0 Å². The van der Waals surface area contributed by atoms with Crippen molar-refractivity contribution in [3.05, 3.63) is 28.6 Å². The molecule has 0 fully saturated rings.